The highest BCUT2D eigenvalue weighted by atomic mass is 16.5. The highest BCUT2D eigenvalue weighted by Gasteiger charge is 2.32. The molecule has 2 N–H and O–H groups in total. The molecule has 4 rings (SSSR count). The molecular weight excluding hydrogens is 404 g/mol. The molecule has 10 heteroatoms. The number of hydrogen-bond acceptors (Lipinski definition) is 8. The molecule has 10 nitrogen and oxygen atoms in total. The van der Waals surface area contributed by atoms with E-state index in [1.165, 1.54) is 37.0 Å². The lowest BCUT2D eigenvalue weighted by Crippen LogP contribution is -2.42. The molecule has 2 heterocycles. The number of aromatic nitrogens is 2. The molecule has 0 saturated heterocycles. The van der Waals surface area contributed by atoms with Crippen LogP contribution in [-0.2, 0) is 14.3 Å². The molecule has 2 aromatic carbocycles. The zero-order chi connectivity index (χ0) is 22.1. The first-order valence-corrected chi connectivity index (χ1v) is 9.31. The van der Waals surface area contributed by atoms with Gasteiger partial charge in [0, 0.05) is 5.69 Å². The lowest BCUT2D eigenvalue weighted by Gasteiger charge is -2.24. The van der Waals surface area contributed by atoms with Crippen molar-refractivity contribution in [3.05, 3.63) is 53.6 Å². The summed E-state index contributed by atoms with van der Waals surface area (Å²) in [7, 11) is 2.41. The Hall–Kier alpha value is -4.21. The van der Waals surface area contributed by atoms with Crippen LogP contribution in [0.1, 0.15) is 31.9 Å². The Balaban J connectivity index is 1.60. The van der Waals surface area contributed by atoms with E-state index in [1.807, 2.05) is 6.07 Å². The Morgan fingerprint density at radius 1 is 1.06 bits per heavy atom. The minimum absolute atomic E-state index is 0.0650. The number of anilines is 2. The standard InChI is InChI=1S/C21H18N4O6/c1-30-19(28)11-7-12(20(29)31-2)9-13(8-11)22-18(27)15-10-17(26)25-16-6-4-3-5-14(16)23-21(25)24-15/h3-9,15H,10H2,1-2H3,(H,22,27)(H,23,24)/t15-/m0/s1. The maximum atomic E-state index is 12.8. The fraction of sp³-hybridized carbons (Fsp3) is 0.190. The van der Waals surface area contributed by atoms with E-state index in [-0.39, 0.29) is 35.1 Å². The van der Waals surface area contributed by atoms with E-state index >= 15 is 0 Å². The first-order chi connectivity index (χ1) is 14.9. The van der Waals surface area contributed by atoms with E-state index in [4.69, 9.17) is 9.47 Å². The number of imidazole rings is 1. The maximum Gasteiger partial charge on any atom is 0.337 e. The van der Waals surface area contributed by atoms with Crippen molar-refractivity contribution >= 4 is 46.4 Å². The summed E-state index contributed by atoms with van der Waals surface area (Å²) in [5, 5.41) is 5.60. The third-order valence-corrected chi connectivity index (χ3v) is 4.85. The molecule has 1 aromatic heterocycles. The molecule has 1 aliphatic rings. The van der Waals surface area contributed by atoms with E-state index in [0.717, 1.165) is 0 Å². The van der Waals surface area contributed by atoms with Crippen molar-refractivity contribution in [3.8, 4) is 0 Å². The first-order valence-electron chi connectivity index (χ1n) is 9.31. The topological polar surface area (TPSA) is 129 Å². The van der Waals surface area contributed by atoms with Crippen LogP contribution in [-0.4, -0.2) is 53.6 Å². The Bertz CT molecular complexity index is 1200. The van der Waals surface area contributed by atoms with E-state index in [1.54, 1.807) is 18.2 Å². The Morgan fingerprint density at radius 3 is 2.35 bits per heavy atom. The number of fused-ring (bicyclic) bond motifs is 3. The van der Waals surface area contributed by atoms with Gasteiger partial charge in [-0.1, -0.05) is 12.1 Å². The molecule has 1 atom stereocenters. The van der Waals surface area contributed by atoms with Crippen LogP contribution in [0.5, 0.6) is 0 Å². The number of carbonyl (C=O) groups excluding carboxylic acids is 4. The molecule has 1 amide bonds. The molecular formula is C21H18N4O6. The minimum atomic E-state index is -0.889. The third-order valence-electron chi connectivity index (χ3n) is 4.85. The number of nitrogens with one attached hydrogen (secondary N) is 2. The number of rotatable bonds is 4. The van der Waals surface area contributed by atoms with Crippen LogP contribution in [0, 0.1) is 0 Å². The van der Waals surface area contributed by atoms with E-state index in [9.17, 15) is 19.2 Å². The summed E-state index contributed by atoms with van der Waals surface area (Å²) in [4.78, 5) is 53.7. The number of methoxy groups -OCH3 is 2. The van der Waals surface area contributed by atoms with Crippen molar-refractivity contribution in [2.75, 3.05) is 24.9 Å². The number of para-hydroxylation sites is 2. The molecule has 31 heavy (non-hydrogen) atoms. The van der Waals surface area contributed by atoms with Gasteiger partial charge in [0.1, 0.15) is 6.04 Å². The van der Waals surface area contributed by atoms with Gasteiger partial charge in [-0.15, -0.1) is 0 Å². The fourth-order valence-electron chi connectivity index (χ4n) is 3.41. The molecule has 0 saturated carbocycles. The lowest BCUT2D eigenvalue weighted by atomic mass is 10.1. The summed E-state index contributed by atoms with van der Waals surface area (Å²) in [6.45, 7) is 0. The van der Waals surface area contributed by atoms with Crippen molar-refractivity contribution in [1.29, 1.82) is 0 Å². The quantitative estimate of drug-likeness (QED) is 0.612. The van der Waals surface area contributed by atoms with Gasteiger partial charge >= 0.3 is 11.9 Å². The number of hydrogen-bond donors (Lipinski definition) is 2. The van der Waals surface area contributed by atoms with Gasteiger partial charge in [-0.2, -0.15) is 0 Å². The number of ether oxygens (including phenoxy) is 2. The highest BCUT2D eigenvalue weighted by molar-refractivity contribution is 6.05. The van der Waals surface area contributed by atoms with Crippen LogP contribution in [0.4, 0.5) is 11.6 Å². The van der Waals surface area contributed by atoms with Crippen LogP contribution in [0.2, 0.25) is 0 Å². The van der Waals surface area contributed by atoms with Crippen LogP contribution >= 0.6 is 0 Å². The summed E-state index contributed by atoms with van der Waals surface area (Å²) in [6, 6.07) is 10.3. The lowest BCUT2D eigenvalue weighted by molar-refractivity contribution is -0.117. The van der Waals surface area contributed by atoms with Crippen LogP contribution < -0.4 is 10.6 Å². The summed E-state index contributed by atoms with van der Waals surface area (Å²) < 4.78 is 10.8. The second-order valence-electron chi connectivity index (χ2n) is 6.83. The summed E-state index contributed by atoms with van der Waals surface area (Å²) in [6.07, 6.45) is -0.0975. The predicted molar refractivity (Wildman–Crippen MR) is 110 cm³/mol. The number of benzene rings is 2. The van der Waals surface area contributed by atoms with Crippen molar-refractivity contribution < 1.29 is 28.7 Å². The van der Waals surface area contributed by atoms with Gasteiger partial charge in [0.2, 0.25) is 17.8 Å². The zero-order valence-corrected chi connectivity index (χ0v) is 16.7. The number of amides is 1. The monoisotopic (exact) mass is 422 g/mol. The van der Waals surface area contributed by atoms with Gasteiger partial charge in [0.15, 0.2) is 0 Å². The van der Waals surface area contributed by atoms with E-state index in [0.29, 0.717) is 11.0 Å². The second kappa shape index (κ2) is 7.90. The van der Waals surface area contributed by atoms with Gasteiger partial charge in [-0.3, -0.25) is 9.59 Å². The average Bonchev–Trinajstić information content (AvgIpc) is 3.16. The molecule has 0 spiro atoms. The number of nitrogens with zero attached hydrogens (tertiary/aromatic N) is 2. The normalized spacial score (nSPS) is 15.0. The molecule has 0 fully saturated rings. The Kier molecular flexibility index (Phi) is 5.12. The summed E-state index contributed by atoms with van der Waals surface area (Å²) in [5.74, 6) is -1.89. The van der Waals surface area contributed by atoms with Gasteiger partial charge in [0.25, 0.3) is 0 Å². The minimum Gasteiger partial charge on any atom is -0.465 e. The highest BCUT2D eigenvalue weighted by Crippen LogP contribution is 2.25. The van der Waals surface area contributed by atoms with E-state index < -0.39 is 23.9 Å². The van der Waals surface area contributed by atoms with Crippen LogP contribution in [0.15, 0.2) is 42.5 Å². The van der Waals surface area contributed by atoms with Gasteiger partial charge < -0.3 is 20.1 Å². The Morgan fingerprint density at radius 2 is 1.71 bits per heavy atom. The van der Waals surface area contributed by atoms with Gasteiger partial charge in [0.05, 0.1) is 42.8 Å². The molecule has 0 unspecified atom stereocenters. The first kappa shape index (κ1) is 20.1. The fourth-order valence-corrected chi connectivity index (χ4v) is 3.41. The van der Waals surface area contributed by atoms with Crippen LogP contribution in [0.25, 0.3) is 11.0 Å². The van der Waals surface area contributed by atoms with Crippen LogP contribution in [0.3, 0.4) is 0 Å². The average molecular weight is 422 g/mol. The Labute approximate surface area is 176 Å². The molecule has 0 bridgehead atoms. The maximum absolute atomic E-state index is 12.8. The van der Waals surface area contributed by atoms with Crippen molar-refractivity contribution in [2.24, 2.45) is 0 Å². The molecule has 0 aliphatic carbocycles. The van der Waals surface area contributed by atoms with Crippen molar-refractivity contribution in [3.63, 3.8) is 0 Å². The van der Waals surface area contributed by atoms with Crippen molar-refractivity contribution in [1.82, 2.24) is 9.55 Å². The van der Waals surface area contributed by atoms with Gasteiger partial charge in [-0.05, 0) is 30.3 Å². The molecule has 1 aliphatic heterocycles. The summed E-state index contributed by atoms with van der Waals surface area (Å²) >= 11 is 0. The number of esters is 2. The van der Waals surface area contributed by atoms with Gasteiger partial charge in [-0.25, -0.2) is 19.1 Å². The number of carbonyl (C=O) groups is 4. The molecule has 3 aromatic rings. The van der Waals surface area contributed by atoms with E-state index in [2.05, 4.69) is 15.6 Å². The zero-order valence-electron chi connectivity index (χ0n) is 16.7. The van der Waals surface area contributed by atoms with Crippen molar-refractivity contribution in [2.45, 2.75) is 12.5 Å². The largest absolute Gasteiger partial charge is 0.465 e. The third kappa shape index (κ3) is 3.70. The summed E-state index contributed by atoms with van der Waals surface area (Å²) in [5.41, 5.74) is 1.60. The predicted octanol–water partition coefficient (Wildman–Crippen LogP) is 2.07. The molecule has 0 radical (unpaired) electrons. The second-order valence-corrected chi connectivity index (χ2v) is 6.83. The SMILES string of the molecule is COC(=O)c1cc(NC(=O)[C@@H]2CC(=O)n3c(nc4ccccc43)N2)cc(C(=O)OC)c1. The molecule has 158 valence electrons. The smallest absolute Gasteiger partial charge is 0.337 e.